The van der Waals surface area contributed by atoms with E-state index in [1.807, 2.05) is 0 Å². The van der Waals surface area contributed by atoms with Gasteiger partial charge in [-0.2, -0.15) is 0 Å². The molecule has 0 spiro atoms. The van der Waals surface area contributed by atoms with E-state index in [0.717, 1.165) is 11.8 Å². The maximum absolute atomic E-state index is 11.9. The van der Waals surface area contributed by atoms with E-state index in [9.17, 15) is 14.9 Å². The van der Waals surface area contributed by atoms with Crippen molar-refractivity contribution in [1.29, 1.82) is 0 Å². The molecule has 0 atom stereocenters. The number of carbonyl (C=O) groups is 1. The normalized spacial score (nSPS) is 14.2. The summed E-state index contributed by atoms with van der Waals surface area (Å²) < 4.78 is 0. The third kappa shape index (κ3) is 2.80. The lowest BCUT2D eigenvalue weighted by atomic mass is 10.1. The van der Waals surface area contributed by atoms with Crippen molar-refractivity contribution in [3.05, 3.63) is 38.9 Å². The van der Waals surface area contributed by atoms with E-state index in [1.54, 1.807) is 0 Å². The number of hydrogen-bond donors (Lipinski definition) is 1. The average Bonchev–Trinajstić information content (AvgIpc) is 2.81. The standard InChI is InChI=1S/C10H8ClN3O3S/c11-6-1-2-7(8(5-6)14(16)17)9(15)13-10-12-3-4-18-10/h1-2,5H,3-4H2,(H,12,13,15). The van der Waals surface area contributed by atoms with Crippen molar-refractivity contribution < 1.29 is 9.72 Å². The largest absolute Gasteiger partial charge is 0.301 e. The molecule has 1 aromatic carbocycles. The van der Waals surface area contributed by atoms with Gasteiger partial charge < -0.3 is 5.32 Å². The molecule has 0 aliphatic carbocycles. The Morgan fingerprint density at radius 2 is 2.33 bits per heavy atom. The highest BCUT2D eigenvalue weighted by molar-refractivity contribution is 8.14. The number of halogens is 1. The fraction of sp³-hybridized carbons (Fsp3) is 0.200. The van der Waals surface area contributed by atoms with E-state index >= 15 is 0 Å². The fourth-order valence-electron chi connectivity index (χ4n) is 1.42. The van der Waals surface area contributed by atoms with E-state index in [-0.39, 0.29) is 16.3 Å². The topological polar surface area (TPSA) is 84.6 Å². The summed E-state index contributed by atoms with van der Waals surface area (Å²) in [6, 6.07) is 3.92. The Morgan fingerprint density at radius 1 is 1.56 bits per heavy atom. The molecular formula is C10H8ClN3O3S. The molecule has 0 unspecified atom stereocenters. The van der Waals surface area contributed by atoms with Crippen LogP contribution < -0.4 is 5.32 Å². The summed E-state index contributed by atoms with van der Waals surface area (Å²) in [5, 5.41) is 14.1. The van der Waals surface area contributed by atoms with Crippen LogP contribution in [-0.4, -0.2) is 28.3 Å². The lowest BCUT2D eigenvalue weighted by Crippen LogP contribution is -2.27. The van der Waals surface area contributed by atoms with E-state index in [1.165, 1.54) is 23.9 Å². The fourth-order valence-corrected chi connectivity index (χ4v) is 2.31. The number of hydrogen-bond acceptors (Lipinski definition) is 5. The van der Waals surface area contributed by atoms with Crippen molar-refractivity contribution in [1.82, 2.24) is 5.32 Å². The number of carbonyl (C=O) groups excluding carboxylic acids is 1. The van der Waals surface area contributed by atoms with Gasteiger partial charge in [0.15, 0.2) is 5.17 Å². The summed E-state index contributed by atoms with van der Waals surface area (Å²) in [5.41, 5.74) is -0.344. The Hall–Kier alpha value is -1.60. The Balaban J connectivity index is 2.26. The minimum absolute atomic E-state index is 0.0281. The van der Waals surface area contributed by atoms with Gasteiger partial charge in [0.05, 0.1) is 11.5 Å². The molecule has 0 fully saturated rings. The maximum atomic E-state index is 11.9. The summed E-state index contributed by atoms with van der Waals surface area (Å²) in [7, 11) is 0. The molecule has 18 heavy (non-hydrogen) atoms. The first-order valence-electron chi connectivity index (χ1n) is 5.00. The summed E-state index contributed by atoms with van der Waals surface area (Å²) >= 11 is 7.08. The van der Waals surface area contributed by atoms with E-state index in [2.05, 4.69) is 10.3 Å². The third-order valence-corrected chi connectivity index (χ3v) is 3.33. The molecule has 8 heteroatoms. The van der Waals surface area contributed by atoms with Crippen LogP contribution in [0.25, 0.3) is 0 Å². The summed E-state index contributed by atoms with van der Waals surface area (Å²) in [6.45, 7) is 0.642. The Bertz CT molecular complexity index is 547. The van der Waals surface area contributed by atoms with E-state index in [4.69, 9.17) is 11.6 Å². The van der Waals surface area contributed by atoms with E-state index < -0.39 is 10.8 Å². The van der Waals surface area contributed by atoms with Crippen LogP contribution in [0.2, 0.25) is 5.02 Å². The van der Waals surface area contributed by atoms with Gasteiger partial charge in [0.1, 0.15) is 5.56 Å². The highest BCUT2D eigenvalue weighted by Crippen LogP contribution is 2.23. The van der Waals surface area contributed by atoms with Crippen molar-refractivity contribution in [3.8, 4) is 0 Å². The molecule has 2 rings (SSSR count). The molecule has 0 saturated carbocycles. The van der Waals surface area contributed by atoms with Gasteiger partial charge >= 0.3 is 0 Å². The number of amidine groups is 1. The van der Waals surface area contributed by atoms with Crippen molar-refractivity contribution in [2.45, 2.75) is 0 Å². The molecular weight excluding hydrogens is 278 g/mol. The predicted molar refractivity (Wildman–Crippen MR) is 70.3 cm³/mol. The number of thioether (sulfide) groups is 1. The van der Waals surface area contributed by atoms with Crippen LogP contribution in [0.3, 0.4) is 0 Å². The number of aliphatic imine (C=N–C) groups is 1. The van der Waals surface area contributed by atoms with Gasteiger partial charge in [0.25, 0.3) is 11.6 Å². The maximum Gasteiger partial charge on any atom is 0.283 e. The quantitative estimate of drug-likeness (QED) is 0.666. The van der Waals surface area contributed by atoms with Gasteiger partial charge in [-0.05, 0) is 12.1 Å². The molecule has 0 bridgehead atoms. The van der Waals surface area contributed by atoms with Crippen molar-refractivity contribution in [2.75, 3.05) is 12.3 Å². The molecule has 0 aromatic heterocycles. The molecule has 0 saturated heterocycles. The van der Waals surface area contributed by atoms with Crippen LogP contribution in [0.4, 0.5) is 5.69 Å². The van der Waals surface area contributed by atoms with Crippen molar-refractivity contribution >= 4 is 40.1 Å². The zero-order chi connectivity index (χ0) is 13.1. The van der Waals surface area contributed by atoms with E-state index in [0.29, 0.717) is 11.7 Å². The number of nitro benzene ring substituents is 1. The Kier molecular flexibility index (Phi) is 3.83. The van der Waals surface area contributed by atoms with Crippen molar-refractivity contribution in [3.63, 3.8) is 0 Å². The van der Waals surface area contributed by atoms with Gasteiger partial charge in [-0.1, -0.05) is 23.4 Å². The summed E-state index contributed by atoms with van der Waals surface area (Å²) in [6.07, 6.45) is 0. The van der Waals surface area contributed by atoms with Crippen LogP contribution in [-0.2, 0) is 0 Å². The number of amides is 1. The van der Waals surface area contributed by atoms with Crippen LogP contribution >= 0.6 is 23.4 Å². The number of rotatable bonds is 2. The summed E-state index contributed by atoms with van der Waals surface area (Å²) in [5.74, 6) is 0.254. The highest BCUT2D eigenvalue weighted by atomic mass is 35.5. The first kappa shape index (κ1) is 12.8. The number of nitrogens with one attached hydrogen (secondary N) is 1. The van der Waals surface area contributed by atoms with Gasteiger partial charge in [0, 0.05) is 16.8 Å². The van der Waals surface area contributed by atoms with Crippen LogP contribution in [0, 0.1) is 10.1 Å². The second-order valence-electron chi connectivity index (χ2n) is 3.41. The SMILES string of the molecule is O=C(NC1=NCCS1)c1ccc(Cl)cc1[N+](=O)[O-]. The van der Waals surface area contributed by atoms with Gasteiger partial charge in [-0.15, -0.1) is 0 Å². The Labute approximate surface area is 112 Å². The first-order valence-corrected chi connectivity index (χ1v) is 6.37. The van der Waals surface area contributed by atoms with Crippen LogP contribution in [0.15, 0.2) is 23.2 Å². The molecule has 0 radical (unpaired) electrons. The van der Waals surface area contributed by atoms with Crippen LogP contribution in [0.1, 0.15) is 10.4 Å². The molecule has 1 aromatic rings. The minimum Gasteiger partial charge on any atom is -0.301 e. The van der Waals surface area contributed by atoms with Gasteiger partial charge in [-0.3, -0.25) is 19.9 Å². The predicted octanol–water partition coefficient (Wildman–Crippen LogP) is 2.08. The number of nitro groups is 1. The van der Waals surface area contributed by atoms with Gasteiger partial charge in [-0.25, -0.2) is 0 Å². The lowest BCUT2D eigenvalue weighted by Gasteiger charge is -2.04. The minimum atomic E-state index is -0.635. The average molecular weight is 286 g/mol. The monoisotopic (exact) mass is 285 g/mol. The molecule has 1 amide bonds. The lowest BCUT2D eigenvalue weighted by molar-refractivity contribution is -0.385. The number of nitrogens with zero attached hydrogens (tertiary/aromatic N) is 2. The smallest absolute Gasteiger partial charge is 0.283 e. The van der Waals surface area contributed by atoms with Crippen LogP contribution in [0.5, 0.6) is 0 Å². The zero-order valence-electron chi connectivity index (χ0n) is 9.05. The second-order valence-corrected chi connectivity index (χ2v) is 4.93. The second kappa shape index (κ2) is 5.36. The molecule has 1 N–H and O–H groups in total. The molecule has 1 aliphatic heterocycles. The highest BCUT2D eigenvalue weighted by Gasteiger charge is 2.22. The Morgan fingerprint density at radius 3 is 2.94 bits per heavy atom. The number of benzene rings is 1. The molecule has 1 heterocycles. The van der Waals surface area contributed by atoms with Gasteiger partial charge in [0.2, 0.25) is 0 Å². The first-order chi connectivity index (χ1) is 8.58. The molecule has 6 nitrogen and oxygen atoms in total. The summed E-state index contributed by atoms with van der Waals surface area (Å²) in [4.78, 5) is 26.1. The molecule has 94 valence electrons. The third-order valence-electron chi connectivity index (χ3n) is 2.21. The zero-order valence-corrected chi connectivity index (χ0v) is 10.6. The molecule has 1 aliphatic rings. The van der Waals surface area contributed by atoms with Crippen molar-refractivity contribution in [2.24, 2.45) is 4.99 Å².